The molecule has 0 spiro atoms. The Bertz CT molecular complexity index is 593. The molecule has 2 nitrogen and oxygen atoms in total. The molecule has 1 aromatic heterocycles. The second-order valence-electron chi connectivity index (χ2n) is 5.45. The maximum Gasteiger partial charge on any atom is 0.129 e. The molecule has 0 unspecified atom stereocenters. The van der Waals surface area contributed by atoms with E-state index in [9.17, 15) is 0 Å². The number of anilines is 1. The van der Waals surface area contributed by atoms with E-state index in [1.807, 2.05) is 0 Å². The van der Waals surface area contributed by atoms with Crippen LogP contribution in [0.15, 0.2) is 30.3 Å². The Hall–Kier alpha value is -1.83. The number of benzene rings is 1. The van der Waals surface area contributed by atoms with Crippen LogP contribution in [-0.2, 0) is 13.0 Å². The van der Waals surface area contributed by atoms with Crippen molar-refractivity contribution >= 4 is 5.82 Å². The number of fused-ring (bicyclic) bond motifs is 1. The lowest BCUT2D eigenvalue weighted by molar-refractivity contribution is 0.718. The van der Waals surface area contributed by atoms with Crippen molar-refractivity contribution in [2.45, 2.75) is 33.7 Å². The SMILES string of the molecule is Cc1cc(N2CCc3ccccc3C2)nc(C)c1C. The largest absolute Gasteiger partial charge is 0.352 e. The van der Waals surface area contributed by atoms with E-state index in [0.717, 1.165) is 31.0 Å². The second-order valence-corrected chi connectivity index (χ2v) is 5.45. The second kappa shape index (κ2) is 4.69. The Morgan fingerprint density at radius 2 is 1.79 bits per heavy atom. The molecule has 0 saturated heterocycles. The molecule has 2 heterocycles. The van der Waals surface area contributed by atoms with Gasteiger partial charge in [0.2, 0.25) is 0 Å². The smallest absolute Gasteiger partial charge is 0.129 e. The van der Waals surface area contributed by atoms with Crippen molar-refractivity contribution in [3.05, 3.63) is 58.3 Å². The van der Waals surface area contributed by atoms with E-state index in [1.165, 1.54) is 22.3 Å². The number of hydrogen-bond acceptors (Lipinski definition) is 2. The normalized spacial score (nSPS) is 14.4. The molecule has 98 valence electrons. The van der Waals surface area contributed by atoms with Gasteiger partial charge in [0, 0.05) is 18.8 Å². The van der Waals surface area contributed by atoms with Crippen LogP contribution in [0.4, 0.5) is 5.82 Å². The summed E-state index contributed by atoms with van der Waals surface area (Å²) < 4.78 is 0. The van der Waals surface area contributed by atoms with E-state index < -0.39 is 0 Å². The highest BCUT2D eigenvalue weighted by molar-refractivity contribution is 5.48. The zero-order valence-electron chi connectivity index (χ0n) is 11.9. The predicted octanol–water partition coefficient (Wildman–Crippen LogP) is 3.57. The highest BCUT2D eigenvalue weighted by atomic mass is 15.2. The van der Waals surface area contributed by atoms with Crippen LogP contribution in [0.1, 0.15) is 27.9 Å². The third-order valence-corrected chi connectivity index (χ3v) is 4.22. The molecule has 0 aliphatic carbocycles. The highest BCUT2D eigenvalue weighted by Crippen LogP contribution is 2.25. The molecular weight excluding hydrogens is 232 g/mol. The average Bonchev–Trinajstić information content (AvgIpc) is 2.43. The lowest BCUT2D eigenvalue weighted by atomic mass is 9.99. The summed E-state index contributed by atoms with van der Waals surface area (Å²) in [5.74, 6) is 1.12. The van der Waals surface area contributed by atoms with Gasteiger partial charge < -0.3 is 4.90 Å². The molecule has 0 atom stereocenters. The van der Waals surface area contributed by atoms with Crippen LogP contribution in [0.25, 0.3) is 0 Å². The summed E-state index contributed by atoms with van der Waals surface area (Å²) in [5.41, 5.74) is 6.71. The number of pyridine rings is 1. The molecule has 2 aromatic rings. The summed E-state index contributed by atoms with van der Waals surface area (Å²) in [6.07, 6.45) is 1.11. The number of aromatic nitrogens is 1. The summed E-state index contributed by atoms with van der Waals surface area (Å²) in [6, 6.07) is 11.0. The van der Waals surface area contributed by atoms with E-state index in [-0.39, 0.29) is 0 Å². The molecule has 1 aliphatic heterocycles. The molecule has 1 aromatic carbocycles. The molecule has 0 fully saturated rings. The maximum atomic E-state index is 4.76. The van der Waals surface area contributed by atoms with Crippen LogP contribution in [0, 0.1) is 20.8 Å². The monoisotopic (exact) mass is 252 g/mol. The van der Waals surface area contributed by atoms with Crippen molar-refractivity contribution in [2.24, 2.45) is 0 Å². The summed E-state index contributed by atoms with van der Waals surface area (Å²) in [4.78, 5) is 7.15. The van der Waals surface area contributed by atoms with Crippen molar-refractivity contribution in [1.29, 1.82) is 0 Å². The highest BCUT2D eigenvalue weighted by Gasteiger charge is 2.17. The molecule has 0 amide bonds. The van der Waals surface area contributed by atoms with E-state index in [4.69, 9.17) is 4.98 Å². The van der Waals surface area contributed by atoms with Gasteiger partial charge in [0.25, 0.3) is 0 Å². The summed E-state index contributed by atoms with van der Waals surface area (Å²) in [7, 11) is 0. The third-order valence-electron chi connectivity index (χ3n) is 4.22. The van der Waals surface area contributed by atoms with Gasteiger partial charge in [0.15, 0.2) is 0 Å². The molecule has 0 saturated carbocycles. The first kappa shape index (κ1) is 12.2. The Morgan fingerprint density at radius 3 is 2.53 bits per heavy atom. The topological polar surface area (TPSA) is 16.1 Å². The quantitative estimate of drug-likeness (QED) is 0.771. The van der Waals surface area contributed by atoms with Crippen molar-refractivity contribution in [1.82, 2.24) is 4.98 Å². The Labute approximate surface area is 115 Å². The fraction of sp³-hybridized carbons (Fsp3) is 0.353. The average molecular weight is 252 g/mol. The number of hydrogen-bond donors (Lipinski definition) is 0. The fourth-order valence-electron chi connectivity index (χ4n) is 2.73. The van der Waals surface area contributed by atoms with Crippen LogP contribution in [0.2, 0.25) is 0 Å². The zero-order valence-corrected chi connectivity index (χ0v) is 11.9. The van der Waals surface area contributed by atoms with Crippen molar-refractivity contribution in [3.63, 3.8) is 0 Å². The first-order chi connectivity index (χ1) is 9.15. The fourth-order valence-corrected chi connectivity index (χ4v) is 2.73. The number of aryl methyl sites for hydroxylation is 2. The molecule has 0 bridgehead atoms. The van der Waals surface area contributed by atoms with Gasteiger partial charge in [-0.15, -0.1) is 0 Å². The first-order valence-corrected chi connectivity index (χ1v) is 6.92. The molecule has 3 rings (SSSR count). The van der Waals surface area contributed by atoms with Crippen molar-refractivity contribution in [2.75, 3.05) is 11.4 Å². The first-order valence-electron chi connectivity index (χ1n) is 6.92. The molecule has 2 heteroatoms. The van der Waals surface area contributed by atoms with Gasteiger partial charge in [-0.2, -0.15) is 0 Å². The minimum absolute atomic E-state index is 0.977. The van der Waals surface area contributed by atoms with Crippen LogP contribution in [0.3, 0.4) is 0 Å². The van der Waals surface area contributed by atoms with Crippen molar-refractivity contribution in [3.8, 4) is 0 Å². The van der Waals surface area contributed by atoms with Crippen LogP contribution < -0.4 is 4.90 Å². The van der Waals surface area contributed by atoms with Gasteiger partial charge >= 0.3 is 0 Å². The molecule has 0 radical (unpaired) electrons. The van der Waals surface area contributed by atoms with Gasteiger partial charge in [0.1, 0.15) is 5.82 Å². The van der Waals surface area contributed by atoms with Gasteiger partial charge in [-0.25, -0.2) is 4.98 Å². The summed E-state index contributed by atoms with van der Waals surface area (Å²) in [5, 5.41) is 0. The van der Waals surface area contributed by atoms with E-state index >= 15 is 0 Å². The van der Waals surface area contributed by atoms with Crippen molar-refractivity contribution < 1.29 is 0 Å². The number of rotatable bonds is 1. The van der Waals surface area contributed by atoms with E-state index in [0.29, 0.717) is 0 Å². The lowest BCUT2D eigenvalue weighted by Crippen LogP contribution is -2.31. The Morgan fingerprint density at radius 1 is 1.05 bits per heavy atom. The molecular formula is C17H20N2. The molecule has 1 aliphatic rings. The van der Waals surface area contributed by atoms with Crippen LogP contribution >= 0.6 is 0 Å². The minimum atomic E-state index is 0.977. The molecule has 19 heavy (non-hydrogen) atoms. The van der Waals surface area contributed by atoms with E-state index in [1.54, 1.807) is 0 Å². The van der Waals surface area contributed by atoms with Gasteiger partial charge in [-0.1, -0.05) is 24.3 Å². The Balaban J connectivity index is 1.93. The number of nitrogens with zero attached hydrogens (tertiary/aromatic N) is 2. The van der Waals surface area contributed by atoms with Crippen LogP contribution in [0.5, 0.6) is 0 Å². The van der Waals surface area contributed by atoms with E-state index in [2.05, 4.69) is 56.0 Å². The predicted molar refractivity (Wildman–Crippen MR) is 79.6 cm³/mol. The van der Waals surface area contributed by atoms with Gasteiger partial charge in [0.05, 0.1) is 0 Å². The van der Waals surface area contributed by atoms with Crippen LogP contribution in [-0.4, -0.2) is 11.5 Å². The lowest BCUT2D eigenvalue weighted by Gasteiger charge is -2.30. The van der Waals surface area contributed by atoms with Gasteiger partial charge in [-0.3, -0.25) is 0 Å². The summed E-state index contributed by atoms with van der Waals surface area (Å²) >= 11 is 0. The van der Waals surface area contributed by atoms with Gasteiger partial charge in [-0.05, 0) is 55.5 Å². The minimum Gasteiger partial charge on any atom is -0.352 e. The standard InChI is InChI=1S/C17H20N2/c1-12-10-17(18-14(3)13(12)2)19-9-8-15-6-4-5-7-16(15)11-19/h4-7,10H,8-9,11H2,1-3H3. The zero-order chi connectivity index (χ0) is 13.4. The maximum absolute atomic E-state index is 4.76. The summed E-state index contributed by atoms with van der Waals surface area (Å²) in [6.45, 7) is 8.46. The third kappa shape index (κ3) is 2.23. The molecule has 0 N–H and O–H groups in total. The Kier molecular flexibility index (Phi) is 3.02.